The van der Waals surface area contributed by atoms with Crippen molar-refractivity contribution in [2.75, 3.05) is 6.54 Å². The number of rotatable bonds is 12. The number of benzene rings is 1. The van der Waals surface area contributed by atoms with E-state index in [1.54, 1.807) is 12.1 Å². The highest BCUT2D eigenvalue weighted by molar-refractivity contribution is 5.96. The number of nitrogens with two attached hydrogens (primary N) is 1. The molecule has 14 heteroatoms. The molecule has 1 saturated heterocycles. The van der Waals surface area contributed by atoms with E-state index in [0.717, 1.165) is 4.90 Å². The summed E-state index contributed by atoms with van der Waals surface area (Å²) in [5.74, 6) is -4.82. The Morgan fingerprint density at radius 2 is 1.79 bits per heavy atom. The van der Waals surface area contributed by atoms with E-state index in [2.05, 4.69) is 20.6 Å². The summed E-state index contributed by atoms with van der Waals surface area (Å²) in [7, 11) is 0. The number of phenols is 1. The number of hydrogen-bond donors (Lipinski definition) is 7. The van der Waals surface area contributed by atoms with Crippen LogP contribution in [0, 0.1) is 0 Å². The number of phenolic OH excluding ortho intramolecular Hbond substituents is 1. The van der Waals surface area contributed by atoms with Gasteiger partial charge in [-0.3, -0.25) is 19.2 Å². The topological polar surface area (TPSA) is 228 Å². The van der Waals surface area contributed by atoms with Crippen molar-refractivity contribution in [3.05, 3.63) is 48.0 Å². The number of H-pyrrole nitrogens is 1. The van der Waals surface area contributed by atoms with Crippen LogP contribution in [-0.2, 0) is 36.8 Å². The molecule has 2 heterocycles. The first-order chi connectivity index (χ1) is 18.0. The molecule has 1 fully saturated rings. The van der Waals surface area contributed by atoms with Gasteiger partial charge in [0.05, 0.1) is 18.8 Å². The minimum atomic E-state index is -1.49. The second kappa shape index (κ2) is 12.7. The molecule has 0 bridgehead atoms. The zero-order valence-corrected chi connectivity index (χ0v) is 20.4. The van der Waals surface area contributed by atoms with Crippen molar-refractivity contribution < 1.29 is 39.3 Å². The monoisotopic (exact) mass is 530 g/mol. The van der Waals surface area contributed by atoms with Crippen LogP contribution < -0.4 is 16.4 Å². The Morgan fingerprint density at radius 1 is 1.08 bits per heavy atom. The molecule has 1 aliphatic rings. The first-order valence-corrected chi connectivity index (χ1v) is 11.9. The van der Waals surface area contributed by atoms with E-state index in [-0.39, 0.29) is 31.6 Å². The smallest absolute Gasteiger partial charge is 0.326 e. The Bertz CT molecular complexity index is 1150. The number of aliphatic carboxylic acids is 2. The van der Waals surface area contributed by atoms with Crippen LogP contribution >= 0.6 is 0 Å². The molecule has 204 valence electrons. The average Bonchev–Trinajstić information content (AvgIpc) is 3.56. The number of carbonyl (C=O) groups is 5. The van der Waals surface area contributed by atoms with Crippen LogP contribution in [0.1, 0.15) is 30.5 Å². The quantitative estimate of drug-likeness (QED) is 0.172. The maximum absolute atomic E-state index is 13.3. The number of aromatic hydroxyl groups is 1. The third-order valence-electron chi connectivity index (χ3n) is 6.15. The van der Waals surface area contributed by atoms with Crippen molar-refractivity contribution in [1.29, 1.82) is 0 Å². The van der Waals surface area contributed by atoms with E-state index in [1.807, 2.05) is 0 Å². The third kappa shape index (κ3) is 7.52. The van der Waals surface area contributed by atoms with Crippen molar-refractivity contribution in [3.8, 4) is 5.75 Å². The predicted octanol–water partition coefficient (Wildman–Crippen LogP) is -1.25. The molecule has 4 unspecified atom stereocenters. The van der Waals surface area contributed by atoms with Crippen molar-refractivity contribution in [1.82, 2.24) is 25.5 Å². The summed E-state index contributed by atoms with van der Waals surface area (Å²) in [6.07, 6.45) is 2.75. The van der Waals surface area contributed by atoms with Gasteiger partial charge in [0.2, 0.25) is 17.7 Å². The van der Waals surface area contributed by atoms with E-state index < -0.39 is 60.2 Å². The molecule has 3 rings (SSSR count). The molecule has 0 spiro atoms. The largest absolute Gasteiger partial charge is 0.508 e. The van der Waals surface area contributed by atoms with Gasteiger partial charge < -0.3 is 41.6 Å². The van der Waals surface area contributed by atoms with Gasteiger partial charge in [0, 0.05) is 24.9 Å². The maximum Gasteiger partial charge on any atom is 0.326 e. The zero-order valence-electron chi connectivity index (χ0n) is 20.4. The Morgan fingerprint density at radius 3 is 2.39 bits per heavy atom. The van der Waals surface area contributed by atoms with Gasteiger partial charge in [-0.05, 0) is 37.0 Å². The van der Waals surface area contributed by atoms with E-state index in [4.69, 9.17) is 5.73 Å². The van der Waals surface area contributed by atoms with Gasteiger partial charge >= 0.3 is 11.9 Å². The van der Waals surface area contributed by atoms with Gasteiger partial charge in [0.15, 0.2) is 0 Å². The normalized spacial score (nSPS) is 17.3. The molecule has 4 atom stereocenters. The average molecular weight is 531 g/mol. The second-order valence-corrected chi connectivity index (χ2v) is 9.01. The number of aromatic amines is 1. The van der Waals surface area contributed by atoms with E-state index in [9.17, 15) is 39.3 Å². The summed E-state index contributed by atoms with van der Waals surface area (Å²) >= 11 is 0. The lowest BCUT2D eigenvalue weighted by Crippen LogP contribution is -2.57. The summed E-state index contributed by atoms with van der Waals surface area (Å²) < 4.78 is 0. The number of carboxylic acids is 2. The van der Waals surface area contributed by atoms with E-state index >= 15 is 0 Å². The van der Waals surface area contributed by atoms with Crippen LogP contribution in [0.3, 0.4) is 0 Å². The van der Waals surface area contributed by atoms with Crippen LogP contribution in [0.5, 0.6) is 5.75 Å². The van der Waals surface area contributed by atoms with Gasteiger partial charge in [-0.15, -0.1) is 0 Å². The van der Waals surface area contributed by atoms with E-state index in [0.29, 0.717) is 17.7 Å². The maximum atomic E-state index is 13.3. The van der Waals surface area contributed by atoms with Crippen molar-refractivity contribution in [3.63, 3.8) is 0 Å². The van der Waals surface area contributed by atoms with Gasteiger partial charge in [-0.25, -0.2) is 9.78 Å². The highest BCUT2D eigenvalue weighted by Gasteiger charge is 2.39. The third-order valence-corrected chi connectivity index (χ3v) is 6.15. The molecule has 0 aliphatic carbocycles. The van der Waals surface area contributed by atoms with Crippen LogP contribution in [0.2, 0.25) is 0 Å². The summed E-state index contributed by atoms with van der Waals surface area (Å²) in [5.41, 5.74) is 7.10. The lowest BCUT2D eigenvalue weighted by molar-refractivity contribution is -0.147. The fourth-order valence-electron chi connectivity index (χ4n) is 4.22. The molecular formula is C24H30N6O8. The molecule has 1 aromatic heterocycles. The number of carbonyl (C=O) groups excluding carboxylic acids is 3. The molecule has 14 nitrogen and oxygen atoms in total. The van der Waals surface area contributed by atoms with Crippen molar-refractivity contribution >= 4 is 29.7 Å². The fourth-order valence-corrected chi connectivity index (χ4v) is 4.22. The lowest BCUT2D eigenvalue weighted by atomic mass is 10.0. The van der Waals surface area contributed by atoms with Crippen LogP contribution in [-0.4, -0.2) is 90.6 Å². The summed E-state index contributed by atoms with van der Waals surface area (Å²) in [4.78, 5) is 69.9. The van der Waals surface area contributed by atoms with E-state index in [1.165, 1.54) is 24.7 Å². The Hall–Kier alpha value is -4.46. The van der Waals surface area contributed by atoms with Gasteiger partial charge in [-0.1, -0.05) is 12.1 Å². The zero-order chi connectivity index (χ0) is 27.8. The minimum absolute atomic E-state index is 0.0408. The first kappa shape index (κ1) is 28.1. The number of nitrogens with one attached hydrogen (secondary N) is 3. The standard InChI is InChI=1S/C24H30N6O8/c25-16(8-13-3-5-15(31)6-4-13)21(34)28-17(10-20(32)33)23(36)30-7-1-2-19(30)22(35)29-18(24(37)38)9-14-11-26-12-27-14/h3-6,11-12,16-19,31H,1-2,7-10,25H2,(H,26,27)(H,28,34)(H,29,35)(H,32,33)(H,37,38). The highest BCUT2D eigenvalue weighted by atomic mass is 16.4. The Balaban J connectivity index is 1.67. The number of imidazole rings is 1. The van der Waals surface area contributed by atoms with Gasteiger partial charge in [0.25, 0.3) is 0 Å². The van der Waals surface area contributed by atoms with Crippen molar-refractivity contribution in [2.45, 2.75) is 56.3 Å². The molecule has 0 radical (unpaired) electrons. The van der Waals surface area contributed by atoms with Gasteiger partial charge in [-0.2, -0.15) is 0 Å². The minimum Gasteiger partial charge on any atom is -0.508 e. The number of likely N-dealkylation sites (tertiary alicyclic amines) is 1. The molecule has 3 amide bonds. The summed E-state index contributed by atoms with van der Waals surface area (Å²) in [6, 6.07) is 1.09. The SMILES string of the molecule is NC(Cc1ccc(O)cc1)C(=O)NC(CC(=O)O)C(=O)N1CCCC1C(=O)NC(Cc1cnc[nH]1)C(=O)O. The highest BCUT2D eigenvalue weighted by Crippen LogP contribution is 2.20. The first-order valence-electron chi connectivity index (χ1n) is 11.9. The molecule has 2 aromatic rings. The number of nitrogens with zero attached hydrogens (tertiary/aromatic N) is 2. The molecule has 38 heavy (non-hydrogen) atoms. The van der Waals surface area contributed by atoms with Gasteiger partial charge in [0.1, 0.15) is 23.9 Å². The fraction of sp³-hybridized carbons (Fsp3) is 0.417. The molecule has 1 aromatic carbocycles. The Labute approximate surface area is 217 Å². The lowest BCUT2D eigenvalue weighted by Gasteiger charge is -2.29. The van der Waals surface area contributed by atoms with Crippen LogP contribution in [0.15, 0.2) is 36.8 Å². The number of hydrogen-bond acceptors (Lipinski definition) is 8. The predicted molar refractivity (Wildman–Crippen MR) is 131 cm³/mol. The molecular weight excluding hydrogens is 500 g/mol. The van der Waals surface area contributed by atoms with Crippen LogP contribution in [0.25, 0.3) is 0 Å². The summed E-state index contributed by atoms with van der Waals surface area (Å²) in [5, 5.41) is 33.1. The molecule has 8 N–H and O–H groups in total. The number of amides is 3. The Kier molecular flexibility index (Phi) is 9.38. The number of carboxylic acid groups (broad SMARTS) is 2. The molecule has 0 saturated carbocycles. The second-order valence-electron chi connectivity index (χ2n) is 9.01. The van der Waals surface area contributed by atoms with Crippen molar-refractivity contribution in [2.24, 2.45) is 5.73 Å². The summed E-state index contributed by atoms with van der Waals surface area (Å²) in [6.45, 7) is 0.126. The van der Waals surface area contributed by atoms with Crippen LogP contribution in [0.4, 0.5) is 0 Å². The molecule has 1 aliphatic heterocycles. The number of aromatic nitrogens is 2.